The monoisotopic (exact) mass is 355 g/mol. The van der Waals surface area contributed by atoms with E-state index in [1.54, 1.807) is 10.4 Å². The third-order valence-electron chi connectivity index (χ3n) is 4.86. The quantitative estimate of drug-likeness (QED) is 0.779. The Morgan fingerprint density at radius 2 is 1.96 bits per heavy atom. The first-order chi connectivity index (χ1) is 12.0. The van der Waals surface area contributed by atoms with E-state index in [0.717, 1.165) is 40.8 Å². The molecule has 0 bridgehead atoms. The van der Waals surface area contributed by atoms with Crippen LogP contribution < -0.4 is 0 Å². The highest BCUT2D eigenvalue weighted by Gasteiger charge is 2.38. The predicted molar refractivity (Wildman–Crippen MR) is 97.9 cm³/mol. The Kier molecular flexibility index (Phi) is 3.89. The van der Waals surface area contributed by atoms with Crippen molar-refractivity contribution in [1.82, 2.24) is 14.3 Å². The van der Waals surface area contributed by atoms with Crippen molar-refractivity contribution in [3.8, 4) is 0 Å². The second kappa shape index (κ2) is 5.97. The van der Waals surface area contributed by atoms with E-state index >= 15 is 0 Å². The highest BCUT2D eigenvalue weighted by molar-refractivity contribution is 7.89. The summed E-state index contributed by atoms with van der Waals surface area (Å²) in [6, 6.07) is 13.1. The molecular formula is C19H21N3O2S. The first-order valence-electron chi connectivity index (χ1n) is 8.50. The van der Waals surface area contributed by atoms with Crippen molar-refractivity contribution in [2.45, 2.75) is 37.6 Å². The number of hydrogen-bond donors (Lipinski definition) is 1. The Morgan fingerprint density at radius 3 is 2.76 bits per heavy atom. The SMILES string of the molecule is Cc1ccc(C)c(S(=O)(=O)N2CCC[C@H]2c2nc3ccccc3[nH]2)c1. The summed E-state index contributed by atoms with van der Waals surface area (Å²) in [4.78, 5) is 8.33. The van der Waals surface area contributed by atoms with Gasteiger partial charge < -0.3 is 4.98 Å². The maximum atomic E-state index is 13.3. The van der Waals surface area contributed by atoms with Gasteiger partial charge in [0.2, 0.25) is 10.0 Å². The number of aromatic amines is 1. The van der Waals surface area contributed by atoms with E-state index in [2.05, 4.69) is 9.97 Å². The summed E-state index contributed by atoms with van der Waals surface area (Å²) in [5.74, 6) is 0.729. The third kappa shape index (κ3) is 2.75. The average Bonchev–Trinajstić information content (AvgIpc) is 3.23. The fourth-order valence-electron chi connectivity index (χ4n) is 3.54. The topological polar surface area (TPSA) is 66.1 Å². The normalized spacial score (nSPS) is 18.9. The van der Waals surface area contributed by atoms with Gasteiger partial charge in [0.25, 0.3) is 0 Å². The van der Waals surface area contributed by atoms with Crippen LogP contribution in [0.15, 0.2) is 47.4 Å². The summed E-state index contributed by atoms with van der Waals surface area (Å²) < 4.78 is 28.2. The van der Waals surface area contributed by atoms with Crippen LogP contribution in [0, 0.1) is 13.8 Å². The van der Waals surface area contributed by atoms with Gasteiger partial charge in [-0.2, -0.15) is 4.31 Å². The molecule has 1 fully saturated rings. The van der Waals surface area contributed by atoms with Crippen molar-refractivity contribution in [1.29, 1.82) is 0 Å². The number of aryl methyl sites for hydroxylation is 2. The number of nitrogens with one attached hydrogen (secondary N) is 1. The minimum atomic E-state index is -3.55. The fraction of sp³-hybridized carbons (Fsp3) is 0.316. The molecule has 0 unspecified atom stereocenters. The molecule has 0 radical (unpaired) electrons. The zero-order valence-corrected chi connectivity index (χ0v) is 15.2. The summed E-state index contributed by atoms with van der Waals surface area (Å²) in [6.07, 6.45) is 1.62. The first-order valence-corrected chi connectivity index (χ1v) is 9.94. The zero-order chi connectivity index (χ0) is 17.6. The van der Waals surface area contributed by atoms with E-state index in [-0.39, 0.29) is 6.04 Å². The molecule has 0 aliphatic carbocycles. The Hall–Kier alpha value is -2.18. The van der Waals surface area contributed by atoms with Crippen molar-refractivity contribution in [3.05, 3.63) is 59.4 Å². The number of benzene rings is 2. The number of imidazole rings is 1. The molecule has 130 valence electrons. The van der Waals surface area contributed by atoms with Gasteiger partial charge in [-0.25, -0.2) is 13.4 Å². The number of fused-ring (bicyclic) bond motifs is 1. The van der Waals surface area contributed by atoms with Gasteiger partial charge in [0, 0.05) is 6.54 Å². The van der Waals surface area contributed by atoms with Crippen molar-refractivity contribution < 1.29 is 8.42 Å². The van der Waals surface area contributed by atoms with Crippen molar-refractivity contribution in [3.63, 3.8) is 0 Å². The minimum Gasteiger partial charge on any atom is -0.341 e. The maximum Gasteiger partial charge on any atom is 0.244 e. The van der Waals surface area contributed by atoms with Crippen molar-refractivity contribution in [2.24, 2.45) is 0 Å². The summed E-state index contributed by atoms with van der Waals surface area (Å²) in [5.41, 5.74) is 3.53. The number of para-hydroxylation sites is 2. The van der Waals surface area contributed by atoms with E-state index in [4.69, 9.17) is 0 Å². The molecule has 2 aromatic carbocycles. The van der Waals surface area contributed by atoms with Gasteiger partial charge in [-0.15, -0.1) is 0 Å². The molecule has 1 saturated heterocycles. The van der Waals surface area contributed by atoms with Crippen LogP contribution in [-0.2, 0) is 10.0 Å². The van der Waals surface area contributed by atoms with E-state index in [0.29, 0.717) is 11.4 Å². The highest BCUT2D eigenvalue weighted by atomic mass is 32.2. The van der Waals surface area contributed by atoms with Gasteiger partial charge in [0.05, 0.1) is 22.0 Å². The maximum absolute atomic E-state index is 13.3. The molecule has 1 atom stereocenters. The van der Waals surface area contributed by atoms with Crippen LogP contribution in [0.3, 0.4) is 0 Å². The molecule has 1 aliphatic heterocycles. The predicted octanol–water partition coefficient (Wildman–Crippen LogP) is 3.71. The third-order valence-corrected chi connectivity index (χ3v) is 6.91. The number of hydrogen-bond acceptors (Lipinski definition) is 3. The molecule has 1 aromatic heterocycles. The molecule has 2 heterocycles. The van der Waals surface area contributed by atoms with Crippen LogP contribution in [0.1, 0.15) is 35.8 Å². The second-order valence-electron chi connectivity index (χ2n) is 6.68. The van der Waals surface area contributed by atoms with Crippen molar-refractivity contribution in [2.75, 3.05) is 6.54 Å². The van der Waals surface area contributed by atoms with Gasteiger partial charge in [-0.3, -0.25) is 0 Å². The van der Waals surface area contributed by atoms with Crippen LogP contribution in [-0.4, -0.2) is 29.2 Å². The fourth-order valence-corrected chi connectivity index (χ4v) is 5.52. The Morgan fingerprint density at radius 1 is 1.16 bits per heavy atom. The second-order valence-corrected chi connectivity index (χ2v) is 8.54. The standard InChI is InChI=1S/C19H21N3O2S/c1-13-9-10-14(2)18(12-13)25(23,24)22-11-5-8-17(22)19-20-15-6-3-4-7-16(15)21-19/h3-4,6-7,9-10,12,17H,5,8,11H2,1-2H3,(H,20,21)/t17-/m0/s1. The van der Waals surface area contributed by atoms with E-state index in [9.17, 15) is 8.42 Å². The van der Waals surface area contributed by atoms with Crippen LogP contribution in [0.4, 0.5) is 0 Å². The van der Waals surface area contributed by atoms with Gasteiger partial charge in [-0.05, 0) is 56.0 Å². The number of H-pyrrole nitrogens is 1. The molecule has 0 amide bonds. The number of aromatic nitrogens is 2. The van der Waals surface area contributed by atoms with E-state index in [1.165, 1.54) is 0 Å². The Balaban J connectivity index is 1.77. The van der Waals surface area contributed by atoms with Crippen LogP contribution >= 0.6 is 0 Å². The molecule has 5 nitrogen and oxygen atoms in total. The smallest absolute Gasteiger partial charge is 0.244 e. The number of nitrogens with zero attached hydrogens (tertiary/aromatic N) is 2. The number of rotatable bonds is 3. The molecule has 0 saturated carbocycles. The summed E-state index contributed by atoms with van der Waals surface area (Å²) >= 11 is 0. The van der Waals surface area contributed by atoms with Gasteiger partial charge in [0.1, 0.15) is 5.82 Å². The molecule has 1 aliphatic rings. The van der Waals surface area contributed by atoms with Crippen LogP contribution in [0.2, 0.25) is 0 Å². The molecule has 4 rings (SSSR count). The Labute approximate surface area is 147 Å². The molecular weight excluding hydrogens is 334 g/mol. The first kappa shape index (κ1) is 16.3. The van der Waals surface area contributed by atoms with E-state index < -0.39 is 10.0 Å². The van der Waals surface area contributed by atoms with Gasteiger partial charge >= 0.3 is 0 Å². The van der Waals surface area contributed by atoms with Crippen LogP contribution in [0.5, 0.6) is 0 Å². The molecule has 6 heteroatoms. The molecule has 0 spiro atoms. The largest absolute Gasteiger partial charge is 0.341 e. The lowest BCUT2D eigenvalue weighted by atomic mass is 10.2. The lowest BCUT2D eigenvalue weighted by Crippen LogP contribution is -2.31. The van der Waals surface area contributed by atoms with Crippen LogP contribution in [0.25, 0.3) is 11.0 Å². The summed E-state index contributed by atoms with van der Waals surface area (Å²) in [6.45, 7) is 4.29. The lowest BCUT2D eigenvalue weighted by molar-refractivity contribution is 0.385. The zero-order valence-electron chi connectivity index (χ0n) is 14.4. The average molecular weight is 355 g/mol. The molecule has 3 aromatic rings. The van der Waals surface area contributed by atoms with E-state index in [1.807, 2.05) is 50.2 Å². The van der Waals surface area contributed by atoms with Gasteiger partial charge in [-0.1, -0.05) is 24.3 Å². The summed E-state index contributed by atoms with van der Waals surface area (Å²) in [5, 5.41) is 0. The van der Waals surface area contributed by atoms with Gasteiger partial charge in [0.15, 0.2) is 0 Å². The van der Waals surface area contributed by atoms with Crippen molar-refractivity contribution >= 4 is 21.1 Å². The molecule has 25 heavy (non-hydrogen) atoms. The number of sulfonamides is 1. The lowest BCUT2D eigenvalue weighted by Gasteiger charge is -2.23. The Bertz CT molecular complexity index is 1010. The minimum absolute atomic E-state index is 0.239. The summed E-state index contributed by atoms with van der Waals surface area (Å²) in [7, 11) is -3.55. The highest BCUT2D eigenvalue weighted by Crippen LogP contribution is 2.36. The molecule has 1 N–H and O–H groups in total.